The van der Waals surface area contributed by atoms with Crippen LogP contribution in [0.4, 0.5) is 5.69 Å². The summed E-state index contributed by atoms with van der Waals surface area (Å²) in [6.07, 6.45) is 4.35. The Morgan fingerprint density at radius 2 is 2.18 bits per heavy atom. The number of hydrogen-bond donors (Lipinski definition) is 1. The first-order chi connectivity index (χ1) is 8.10. The molecule has 5 nitrogen and oxygen atoms in total. The van der Waals surface area contributed by atoms with E-state index in [-0.39, 0.29) is 11.4 Å². The number of ether oxygens (including phenoxy) is 1. The summed E-state index contributed by atoms with van der Waals surface area (Å²) >= 11 is 0. The molecule has 92 valence electrons. The largest absolute Gasteiger partial charge is 0.475 e. The summed E-state index contributed by atoms with van der Waals surface area (Å²) in [7, 11) is 1.95. The van der Waals surface area contributed by atoms with Crippen LogP contribution in [0, 0.1) is 0 Å². The van der Waals surface area contributed by atoms with Crippen LogP contribution in [0.3, 0.4) is 0 Å². The van der Waals surface area contributed by atoms with Gasteiger partial charge in [0.05, 0.1) is 6.54 Å². The number of carbonyl (C=O) groups is 1. The number of aromatic carboxylic acids is 1. The summed E-state index contributed by atoms with van der Waals surface area (Å²) in [5.74, 6) is -0.758. The Bertz CT molecular complexity index is 459. The second kappa shape index (κ2) is 3.42. The molecule has 1 fully saturated rings. The molecule has 5 heteroatoms. The first-order valence-electron chi connectivity index (χ1n) is 5.87. The molecule has 2 aliphatic rings. The van der Waals surface area contributed by atoms with Gasteiger partial charge in [-0.2, -0.15) is 0 Å². The minimum absolute atomic E-state index is 0.0584. The van der Waals surface area contributed by atoms with Crippen molar-refractivity contribution in [3.8, 4) is 5.95 Å². The van der Waals surface area contributed by atoms with Crippen LogP contribution in [0.1, 0.15) is 36.2 Å². The van der Waals surface area contributed by atoms with E-state index in [4.69, 9.17) is 14.3 Å². The highest BCUT2D eigenvalue weighted by Gasteiger charge is 2.43. The van der Waals surface area contributed by atoms with Crippen molar-refractivity contribution >= 4 is 11.7 Å². The fraction of sp³-hybridized carbons (Fsp3) is 0.583. The van der Waals surface area contributed by atoms with Crippen LogP contribution in [0.25, 0.3) is 0 Å². The molecule has 0 aromatic carbocycles. The van der Waals surface area contributed by atoms with Gasteiger partial charge in [0.2, 0.25) is 5.76 Å². The molecule has 0 unspecified atom stereocenters. The van der Waals surface area contributed by atoms with Crippen LogP contribution in [-0.2, 0) is 0 Å². The third kappa shape index (κ3) is 1.57. The monoisotopic (exact) mass is 237 g/mol. The highest BCUT2D eigenvalue weighted by atomic mass is 16.6. The normalized spacial score (nSPS) is 21.4. The van der Waals surface area contributed by atoms with Crippen molar-refractivity contribution in [2.24, 2.45) is 0 Å². The van der Waals surface area contributed by atoms with Crippen molar-refractivity contribution in [2.45, 2.75) is 31.3 Å². The summed E-state index contributed by atoms with van der Waals surface area (Å²) in [6.45, 7) is 0.804. The second-order valence-electron chi connectivity index (χ2n) is 4.94. The maximum atomic E-state index is 10.9. The number of hydrogen-bond acceptors (Lipinski definition) is 4. The van der Waals surface area contributed by atoms with Crippen molar-refractivity contribution in [3.63, 3.8) is 0 Å². The number of nitrogens with zero attached hydrogens (tertiary/aromatic N) is 1. The number of carboxylic acids is 1. The summed E-state index contributed by atoms with van der Waals surface area (Å²) in [5, 5.41) is 8.91. The van der Waals surface area contributed by atoms with E-state index in [9.17, 15) is 4.79 Å². The molecule has 0 atom stereocenters. The Morgan fingerprint density at radius 3 is 2.82 bits per heavy atom. The fourth-order valence-electron chi connectivity index (χ4n) is 2.84. The summed E-state index contributed by atoms with van der Waals surface area (Å²) in [4.78, 5) is 12.9. The molecule has 0 saturated heterocycles. The Balaban J connectivity index is 1.97. The highest BCUT2D eigenvalue weighted by molar-refractivity contribution is 5.86. The molecule has 0 bridgehead atoms. The quantitative estimate of drug-likeness (QED) is 0.810. The van der Waals surface area contributed by atoms with Gasteiger partial charge in [-0.3, -0.25) is 0 Å². The molecule has 1 aromatic rings. The Kier molecular flexibility index (Phi) is 2.11. The van der Waals surface area contributed by atoms with Gasteiger partial charge in [-0.1, -0.05) is 0 Å². The number of rotatable bonds is 1. The van der Waals surface area contributed by atoms with E-state index in [1.54, 1.807) is 0 Å². The lowest BCUT2D eigenvalue weighted by Crippen LogP contribution is -2.47. The van der Waals surface area contributed by atoms with Gasteiger partial charge < -0.3 is 19.2 Å². The maximum absolute atomic E-state index is 10.9. The van der Waals surface area contributed by atoms with E-state index in [1.807, 2.05) is 11.9 Å². The van der Waals surface area contributed by atoms with Crippen molar-refractivity contribution in [1.29, 1.82) is 0 Å². The maximum Gasteiger partial charge on any atom is 0.372 e. The van der Waals surface area contributed by atoms with Gasteiger partial charge in [-0.25, -0.2) is 4.79 Å². The Hall–Kier alpha value is -1.65. The molecule has 3 rings (SSSR count). The van der Waals surface area contributed by atoms with E-state index in [2.05, 4.69) is 0 Å². The first-order valence-corrected chi connectivity index (χ1v) is 5.87. The van der Waals surface area contributed by atoms with Crippen LogP contribution < -0.4 is 9.64 Å². The molecule has 0 amide bonds. The summed E-state index contributed by atoms with van der Waals surface area (Å²) < 4.78 is 11.2. The van der Waals surface area contributed by atoms with E-state index in [1.165, 1.54) is 6.07 Å². The average Bonchev–Trinajstić information content (AvgIpc) is 2.85. The predicted octanol–water partition coefficient (Wildman–Crippen LogP) is 2.12. The molecule has 1 spiro atoms. The molecule has 1 aliphatic heterocycles. The summed E-state index contributed by atoms with van der Waals surface area (Å²) in [5.41, 5.74) is 0.565. The molecule has 2 heterocycles. The fourth-order valence-corrected chi connectivity index (χ4v) is 2.84. The minimum Gasteiger partial charge on any atom is -0.475 e. The highest BCUT2D eigenvalue weighted by Crippen LogP contribution is 2.44. The molecule has 1 N–H and O–H groups in total. The van der Waals surface area contributed by atoms with Gasteiger partial charge in [0.25, 0.3) is 0 Å². The topological polar surface area (TPSA) is 62.9 Å². The van der Waals surface area contributed by atoms with E-state index in [0.717, 1.165) is 37.9 Å². The summed E-state index contributed by atoms with van der Waals surface area (Å²) in [6, 6.07) is 1.53. The van der Waals surface area contributed by atoms with E-state index >= 15 is 0 Å². The van der Waals surface area contributed by atoms with Crippen LogP contribution in [-0.4, -0.2) is 30.3 Å². The van der Waals surface area contributed by atoms with Crippen LogP contribution in [0.15, 0.2) is 10.5 Å². The minimum atomic E-state index is -1.06. The van der Waals surface area contributed by atoms with Crippen LogP contribution in [0.2, 0.25) is 0 Å². The Morgan fingerprint density at radius 1 is 1.47 bits per heavy atom. The smallest absolute Gasteiger partial charge is 0.372 e. The molecule has 17 heavy (non-hydrogen) atoms. The van der Waals surface area contributed by atoms with Gasteiger partial charge in [0.15, 0.2) is 0 Å². The lowest BCUT2D eigenvalue weighted by atomic mass is 10.00. The van der Waals surface area contributed by atoms with Crippen molar-refractivity contribution in [1.82, 2.24) is 0 Å². The standard InChI is InChI=1S/C12H15NO4/c1-13-7-12(4-2-3-5-12)17-11-8(13)6-9(16-11)10(14)15/h6H,2-5,7H2,1H3,(H,14,15). The molecular formula is C12H15NO4. The molecular weight excluding hydrogens is 222 g/mol. The second-order valence-corrected chi connectivity index (χ2v) is 4.94. The lowest BCUT2D eigenvalue weighted by Gasteiger charge is -2.38. The number of fused-ring (bicyclic) bond motifs is 1. The number of anilines is 1. The van der Waals surface area contributed by atoms with E-state index in [0.29, 0.717) is 5.95 Å². The van der Waals surface area contributed by atoms with Gasteiger partial charge in [0.1, 0.15) is 11.3 Å². The molecule has 1 aromatic heterocycles. The van der Waals surface area contributed by atoms with Crippen LogP contribution in [0.5, 0.6) is 5.95 Å². The zero-order valence-electron chi connectivity index (χ0n) is 9.73. The van der Waals surface area contributed by atoms with Gasteiger partial charge in [-0.05, 0) is 25.7 Å². The van der Waals surface area contributed by atoms with Gasteiger partial charge in [0, 0.05) is 13.1 Å². The van der Waals surface area contributed by atoms with Gasteiger partial charge >= 0.3 is 11.9 Å². The van der Waals surface area contributed by atoms with Gasteiger partial charge in [-0.15, -0.1) is 0 Å². The van der Waals surface area contributed by atoms with Crippen molar-refractivity contribution in [2.75, 3.05) is 18.5 Å². The SMILES string of the molecule is CN1CC2(CCCC2)Oc2oc(C(=O)O)cc21. The van der Waals surface area contributed by atoms with Crippen LogP contribution >= 0.6 is 0 Å². The lowest BCUT2D eigenvalue weighted by molar-refractivity contribution is 0.0413. The number of likely N-dealkylation sites (N-methyl/N-ethyl adjacent to an activating group) is 1. The zero-order chi connectivity index (χ0) is 12.0. The number of carboxylic acid groups (broad SMARTS) is 1. The van der Waals surface area contributed by atoms with Crippen molar-refractivity contribution in [3.05, 3.63) is 11.8 Å². The predicted molar refractivity (Wildman–Crippen MR) is 60.8 cm³/mol. The van der Waals surface area contributed by atoms with Crippen molar-refractivity contribution < 1.29 is 19.1 Å². The average molecular weight is 237 g/mol. The first kappa shape index (κ1) is 10.5. The molecule has 0 radical (unpaired) electrons. The number of furan rings is 1. The third-order valence-electron chi connectivity index (χ3n) is 3.65. The molecule has 1 saturated carbocycles. The molecule has 1 aliphatic carbocycles. The zero-order valence-corrected chi connectivity index (χ0v) is 9.73. The Labute approximate surface area is 99.0 Å². The van der Waals surface area contributed by atoms with E-state index < -0.39 is 5.97 Å². The third-order valence-corrected chi connectivity index (χ3v) is 3.65.